The number of hydrogen-bond donors (Lipinski definition) is 2. The lowest BCUT2D eigenvalue weighted by Gasteiger charge is -2.37. The monoisotopic (exact) mass is 310 g/mol. The van der Waals surface area contributed by atoms with Crippen molar-refractivity contribution in [3.05, 3.63) is 29.3 Å². The lowest BCUT2D eigenvalue weighted by Crippen LogP contribution is -2.46. The summed E-state index contributed by atoms with van der Waals surface area (Å²) in [5.41, 5.74) is 2.01. The summed E-state index contributed by atoms with van der Waals surface area (Å²) in [4.78, 5) is 0.432. The molecule has 1 saturated carbocycles. The van der Waals surface area contributed by atoms with Crippen LogP contribution in [-0.2, 0) is 23.0 Å². The van der Waals surface area contributed by atoms with Gasteiger partial charge in [0.1, 0.15) is 0 Å². The zero-order valence-corrected chi connectivity index (χ0v) is 12.9. The molecule has 0 radical (unpaired) electrons. The zero-order chi connectivity index (χ0) is 14.9. The van der Waals surface area contributed by atoms with Crippen LogP contribution in [0.5, 0.6) is 0 Å². The molecule has 0 aromatic heterocycles. The highest BCUT2D eigenvalue weighted by atomic mass is 32.2. The van der Waals surface area contributed by atoms with Gasteiger partial charge in [-0.25, -0.2) is 8.42 Å². The number of aliphatic hydroxyl groups is 1. The van der Waals surface area contributed by atoms with Crippen LogP contribution in [0.3, 0.4) is 0 Å². The SMILES string of the molecule is O=S(=O)(c1cccc2c1CCNC2)N(CCO)C1CCC1. The van der Waals surface area contributed by atoms with Gasteiger partial charge < -0.3 is 10.4 Å². The van der Waals surface area contributed by atoms with Crippen molar-refractivity contribution in [2.24, 2.45) is 0 Å². The van der Waals surface area contributed by atoms with Crippen molar-refractivity contribution in [1.29, 1.82) is 0 Å². The van der Waals surface area contributed by atoms with Crippen LogP contribution in [-0.4, -0.2) is 43.6 Å². The Kier molecular flexibility index (Phi) is 4.31. The van der Waals surface area contributed by atoms with Crippen molar-refractivity contribution in [2.75, 3.05) is 19.7 Å². The molecule has 1 heterocycles. The smallest absolute Gasteiger partial charge is 0.243 e. The van der Waals surface area contributed by atoms with Crippen molar-refractivity contribution in [3.63, 3.8) is 0 Å². The first-order valence-corrected chi connectivity index (χ1v) is 9.03. The second-order valence-corrected chi connectivity index (χ2v) is 7.60. The third kappa shape index (κ3) is 2.73. The summed E-state index contributed by atoms with van der Waals surface area (Å²) in [5.74, 6) is 0. The molecule has 0 atom stereocenters. The quantitative estimate of drug-likeness (QED) is 0.846. The van der Waals surface area contributed by atoms with Gasteiger partial charge in [-0.2, -0.15) is 4.31 Å². The highest BCUT2D eigenvalue weighted by molar-refractivity contribution is 7.89. The molecule has 2 N–H and O–H groups in total. The van der Waals surface area contributed by atoms with E-state index in [9.17, 15) is 13.5 Å². The summed E-state index contributed by atoms with van der Waals surface area (Å²) in [6.45, 7) is 1.59. The van der Waals surface area contributed by atoms with E-state index in [-0.39, 0.29) is 19.2 Å². The minimum atomic E-state index is -3.52. The van der Waals surface area contributed by atoms with E-state index in [1.807, 2.05) is 12.1 Å². The lowest BCUT2D eigenvalue weighted by molar-refractivity contribution is 0.178. The van der Waals surface area contributed by atoms with E-state index >= 15 is 0 Å². The van der Waals surface area contributed by atoms with Gasteiger partial charge in [-0.3, -0.25) is 0 Å². The van der Waals surface area contributed by atoms with Crippen molar-refractivity contribution in [2.45, 2.75) is 43.2 Å². The Labute approximate surface area is 126 Å². The molecule has 1 fully saturated rings. The Hall–Kier alpha value is -0.950. The normalized spacial score (nSPS) is 19.3. The van der Waals surface area contributed by atoms with Crippen molar-refractivity contribution >= 4 is 10.0 Å². The first-order chi connectivity index (χ1) is 10.1. The van der Waals surface area contributed by atoms with E-state index in [2.05, 4.69) is 5.32 Å². The molecule has 1 aromatic carbocycles. The predicted octanol–water partition coefficient (Wildman–Crippen LogP) is 0.868. The van der Waals surface area contributed by atoms with Gasteiger partial charge in [-0.05, 0) is 43.0 Å². The molecule has 0 bridgehead atoms. The van der Waals surface area contributed by atoms with Gasteiger partial charge in [0.25, 0.3) is 0 Å². The van der Waals surface area contributed by atoms with Crippen molar-refractivity contribution in [1.82, 2.24) is 9.62 Å². The zero-order valence-electron chi connectivity index (χ0n) is 12.1. The first-order valence-electron chi connectivity index (χ1n) is 7.59. The molecule has 116 valence electrons. The highest BCUT2D eigenvalue weighted by Crippen LogP contribution is 2.32. The van der Waals surface area contributed by atoms with Crippen LogP contribution in [0.1, 0.15) is 30.4 Å². The average Bonchev–Trinajstić information content (AvgIpc) is 2.44. The standard InChI is InChI=1S/C15H22N2O3S/c18-10-9-17(13-4-2-5-13)21(19,20)15-6-1-3-12-11-16-8-7-14(12)15/h1,3,6,13,16,18H,2,4-5,7-11H2. The minimum Gasteiger partial charge on any atom is -0.395 e. The summed E-state index contributed by atoms with van der Waals surface area (Å²) >= 11 is 0. The molecule has 6 heteroatoms. The Morgan fingerprint density at radius 1 is 1.33 bits per heavy atom. The second kappa shape index (κ2) is 6.04. The molecule has 0 spiro atoms. The van der Waals surface area contributed by atoms with E-state index in [0.717, 1.165) is 49.9 Å². The molecule has 0 saturated heterocycles. The third-order valence-corrected chi connectivity index (χ3v) is 6.52. The van der Waals surface area contributed by atoms with E-state index in [0.29, 0.717) is 4.90 Å². The van der Waals surface area contributed by atoms with E-state index in [4.69, 9.17) is 0 Å². The van der Waals surface area contributed by atoms with Crippen LogP contribution < -0.4 is 5.32 Å². The average molecular weight is 310 g/mol. The molecule has 2 aliphatic rings. The van der Waals surface area contributed by atoms with Gasteiger partial charge in [-0.15, -0.1) is 0 Å². The molecular weight excluding hydrogens is 288 g/mol. The van der Waals surface area contributed by atoms with Gasteiger partial charge >= 0.3 is 0 Å². The Morgan fingerprint density at radius 2 is 2.14 bits per heavy atom. The Morgan fingerprint density at radius 3 is 2.81 bits per heavy atom. The van der Waals surface area contributed by atoms with Gasteiger partial charge in [0.2, 0.25) is 10.0 Å². The fourth-order valence-corrected chi connectivity index (χ4v) is 5.11. The molecule has 21 heavy (non-hydrogen) atoms. The molecule has 0 unspecified atom stereocenters. The number of fused-ring (bicyclic) bond motifs is 1. The predicted molar refractivity (Wildman–Crippen MR) is 80.5 cm³/mol. The summed E-state index contributed by atoms with van der Waals surface area (Å²) < 4.78 is 27.6. The summed E-state index contributed by atoms with van der Waals surface area (Å²) in [6.07, 6.45) is 3.60. The Balaban J connectivity index is 2.00. The maximum Gasteiger partial charge on any atom is 0.243 e. The lowest BCUT2D eigenvalue weighted by atomic mass is 9.93. The number of hydrogen-bond acceptors (Lipinski definition) is 4. The van der Waals surface area contributed by atoms with E-state index in [1.54, 1.807) is 6.07 Å². The third-order valence-electron chi connectivity index (χ3n) is 4.49. The number of sulfonamides is 1. The van der Waals surface area contributed by atoms with Crippen molar-refractivity contribution < 1.29 is 13.5 Å². The molecule has 0 amide bonds. The van der Waals surface area contributed by atoms with Crippen LogP contribution in [0.25, 0.3) is 0 Å². The van der Waals surface area contributed by atoms with Crippen LogP contribution in [0.2, 0.25) is 0 Å². The van der Waals surface area contributed by atoms with Gasteiger partial charge in [0.15, 0.2) is 0 Å². The van der Waals surface area contributed by atoms with Crippen LogP contribution >= 0.6 is 0 Å². The van der Waals surface area contributed by atoms with Crippen LogP contribution in [0, 0.1) is 0 Å². The number of nitrogens with one attached hydrogen (secondary N) is 1. The largest absolute Gasteiger partial charge is 0.395 e. The molecule has 1 aliphatic heterocycles. The topological polar surface area (TPSA) is 69.6 Å². The van der Waals surface area contributed by atoms with Gasteiger partial charge in [-0.1, -0.05) is 18.6 Å². The Bertz CT molecular complexity index is 611. The maximum absolute atomic E-state index is 13.0. The van der Waals surface area contributed by atoms with Crippen molar-refractivity contribution in [3.8, 4) is 0 Å². The fourth-order valence-electron chi connectivity index (χ4n) is 3.14. The summed E-state index contributed by atoms with van der Waals surface area (Å²) in [5, 5.41) is 12.5. The molecule has 1 aromatic rings. The number of rotatable bonds is 5. The molecule has 1 aliphatic carbocycles. The highest BCUT2D eigenvalue weighted by Gasteiger charge is 2.36. The number of aliphatic hydroxyl groups excluding tert-OH is 1. The van der Waals surface area contributed by atoms with E-state index < -0.39 is 10.0 Å². The number of nitrogens with zero attached hydrogens (tertiary/aromatic N) is 1. The van der Waals surface area contributed by atoms with Crippen LogP contribution in [0.4, 0.5) is 0 Å². The van der Waals surface area contributed by atoms with Crippen LogP contribution in [0.15, 0.2) is 23.1 Å². The van der Waals surface area contributed by atoms with Gasteiger partial charge in [0, 0.05) is 19.1 Å². The molecule has 3 rings (SSSR count). The summed E-state index contributed by atoms with van der Waals surface area (Å²) in [6, 6.07) is 5.57. The molecule has 5 nitrogen and oxygen atoms in total. The second-order valence-electron chi connectivity index (χ2n) is 5.74. The first kappa shape index (κ1) is 15.0. The van der Waals surface area contributed by atoms with E-state index in [1.165, 1.54) is 4.31 Å². The maximum atomic E-state index is 13.0. The fraction of sp³-hybridized carbons (Fsp3) is 0.600. The summed E-state index contributed by atoms with van der Waals surface area (Å²) in [7, 11) is -3.52. The van der Waals surface area contributed by atoms with Gasteiger partial charge in [0.05, 0.1) is 11.5 Å². The number of benzene rings is 1. The minimum absolute atomic E-state index is 0.0553. The molecular formula is C15H22N2O3S.